The predicted molar refractivity (Wildman–Crippen MR) is 125 cm³/mol. The van der Waals surface area contributed by atoms with Gasteiger partial charge in [-0.1, -0.05) is 18.2 Å². The molecule has 1 aliphatic rings. The molecule has 172 valence electrons. The van der Waals surface area contributed by atoms with E-state index in [1.165, 1.54) is 6.07 Å². The Morgan fingerprint density at radius 2 is 1.94 bits per heavy atom. The molecule has 1 N–H and O–H groups in total. The van der Waals surface area contributed by atoms with E-state index in [4.69, 9.17) is 4.74 Å². The van der Waals surface area contributed by atoms with Crippen molar-refractivity contribution in [1.82, 2.24) is 14.9 Å². The van der Waals surface area contributed by atoms with Gasteiger partial charge >= 0.3 is 0 Å². The van der Waals surface area contributed by atoms with E-state index in [0.29, 0.717) is 17.3 Å². The standard InChI is InChI=1S/C24H27N5O4/c1-27-15-12-25-23(27)22(18-8-4-5-9-21(18)33-2)26-24(30)17-10-11-19(20(16-17)29(31)32)28-13-6-3-7-14-28/h4-5,8-12,15-16,22H,3,6-7,13-14H2,1-2H3,(H,26,30). The Labute approximate surface area is 192 Å². The molecule has 33 heavy (non-hydrogen) atoms. The zero-order valence-electron chi connectivity index (χ0n) is 18.7. The van der Waals surface area contributed by atoms with Gasteiger partial charge in [-0.3, -0.25) is 14.9 Å². The molecule has 1 saturated heterocycles. The zero-order valence-corrected chi connectivity index (χ0v) is 18.7. The summed E-state index contributed by atoms with van der Waals surface area (Å²) in [6.07, 6.45) is 6.58. The van der Waals surface area contributed by atoms with Gasteiger partial charge in [0.25, 0.3) is 11.6 Å². The van der Waals surface area contributed by atoms with Gasteiger partial charge in [0.15, 0.2) is 0 Å². The van der Waals surface area contributed by atoms with E-state index >= 15 is 0 Å². The van der Waals surface area contributed by atoms with Crippen LogP contribution < -0.4 is 15.0 Å². The Morgan fingerprint density at radius 3 is 2.61 bits per heavy atom. The fraction of sp³-hybridized carbons (Fsp3) is 0.333. The van der Waals surface area contributed by atoms with Crippen molar-refractivity contribution in [3.8, 4) is 5.75 Å². The summed E-state index contributed by atoms with van der Waals surface area (Å²) in [5.41, 5.74) is 1.45. The molecule has 0 spiro atoms. The van der Waals surface area contributed by atoms with Gasteiger partial charge in [-0.25, -0.2) is 4.98 Å². The average Bonchev–Trinajstić information content (AvgIpc) is 3.28. The first-order chi connectivity index (χ1) is 16.0. The molecule has 0 bridgehead atoms. The van der Waals surface area contributed by atoms with Crippen LogP contribution in [0.5, 0.6) is 5.75 Å². The third-order valence-electron chi connectivity index (χ3n) is 5.97. The molecule has 0 saturated carbocycles. The van der Waals surface area contributed by atoms with E-state index in [2.05, 4.69) is 10.3 Å². The van der Waals surface area contributed by atoms with Crippen LogP contribution in [0.1, 0.15) is 47.1 Å². The maximum absolute atomic E-state index is 13.3. The fourth-order valence-electron chi connectivity index (χ4n) is 4.27. The summed E-state index contributed by atoms with van der Waals surface area (Å²) in [5, 5.41) is 14.8. The monoisotopic (exact) mass is 449 g/mol. The Bertz CT molecular complexity index is 1150. The number of nitro groups is 1. The average molecular weight is 450 g/mol. The number of imidazole rings is 1. The van der Waals surface area contributed by atoms with Gasteiger partial charge in [-0.15, -0.1) is 0 Å². The van der Waals surface area contributed by atoms with Crippen molar-refractivity contribution in [1.29, 1.82) is 0 Å². The van der Waals surface area contributed by atoms with Crippen LogP contribution in [0.25, 0.3) is 0 Å². The van der Waals surface area contributed by atoms with E-state index in [-0.39, 0.29) is 11.3 Å². The molecular formula is C24H27N5O4. The van der Waals surface area contributed by atoms with Crippen LogP contribution >= 0.6 is 0 Å². The number of aryl methyl sites for hydroxylation is 1. The topological polar surface area (TPSA) is 103 Å². The first-order valence-corrected chi connectivity index (χ1v) is 10.9. The van der Waals surface area contributed by atoms with Crippen LogP contribution in [0.4, 0.5) is 11.4 Å². The first kappa shape index (κ1) is 22.3. The normalized spacial score (nSPS) is 14.5. The SMILES string of the molecule is COc1ccccc1C(NC(=O)c1ccc(N2CCCCC2)c([N+](=O)[O-])c1)c1nccn1C. The van der Waals surface area contributed by atoms with Crippen molar-refractivity contribution in [2.75, 3.05) is 25.1 Å². The minimum Gasteiger partial charge on any atom is -0.496 e. The Hall–Kier alpha value is -3.88. The summed E-state index contributed by atoms with van der Waals surface area (Å²) in [6, 6.07) is 11.5. The number of hydrogen-bond donors (Lipinski definition) is 1. The van der Waals surface area contributed by atoms with Crippen LogP contribution in [0.3, 0.4) is 0 Å². The van der Waals surface area contributed by atoms with Crippen molar-refractivity contribution < 1.29 is 14.5 Å². The summed E-state index contributed by atoms with van der Waals surface area (Å²) in [7, 11) is 3.41. The Balaban J connectivity index is 1.68. The van der Waals surface area contributed by atoms with E-state index in [9.17, 15) is 14.9 Å². The fourth-order valence-corrected chi connectivity index (χ4v) is 4.27. The van der Waals surface area contributed by atoms with Gasteiger partial charge < -0.3 is 19.5 Å². The zero-order chi connectivity index (χ0) is 23.4. The number of rotatable bonds is 7. The maximum Gasteiger partial charge on any atom is 0.293 e. The molecule has 2 aromatic carbocycles. The molecule has 0 aliphatic carbocycles. The number of nitro benzene ring substituents is 1. The number of amides is 1. The number of aromatic nitrogens is 2. The second-order valence-electron chi connectivity index (χ2n) is 8.05. The van der Waals surface area contributed by atoms with Gasteiger partial charge in [-0.05, 0) is 37.5 Å². The van der Waals surface area contributed by atoms with Crippen molar-refractivity contribution in [2.45, 2.75) is 25.3 Å². The van der Waals surface area contributed by atoms with E-state index < -0.39 is 16.9 Å². The summed E-state index contributed by atoms with van der Waals surface area (Å²) in [6.45, 7) is 1.56. The summed E-state index contributed by atoms with van der Waals surface area (Å²) in [4.78, 5) is 31.1. The Morgan fingerprint density at radius 1 is 1.18 bits per heavy atom. The van der Waals surface area contributed by atoms with Crippen LogP contribution in [-0.2, 0) is 7.05 Å². The molecule has 3 aromatic rings. The van der Waals surface area contributed by atoms with Crippen LogP contribution in [0, 0.1) is 10.1 Å². The molecule has 1 unspecified atom stereocenters. The molecule has 4 rings (SSSR count). The van der Waals surface area contributed by atoms with E-state index in [0.717, 1.165) is 37.9 Å². The number of ether oxygens (including phenoxy) is 1. The molecule has 1 amide bonds. The minimum atomic E-state index is -0.602. The molecule has 0 radical (unpaired) electrons. The molecular weight excluding hydrogens is 422 g/mol. The predicted octanol–water partition coefficient (Wildman–Crippen LogP) is 3.85. The van der Waals surface area contributed by atoms with Crippen LogP contribution in [0.2, 0.25) is 0 Å². The minimum absolute atomic E-state index is 0.0598. The summed E-state index contributed by atoms with van der Waals surface area (Å²) < 4.78 is 7.32. The number of methoxy groups -OCH3 is 1. The van der Waals surface area contributed by atoms with Crippen LogP contribution in [-0.4, -0.2) is 40.6 Å². The molecule has 2 heterocycles. The largest absolute Gasteiger partial charge is 0.496 e. The summed E-state index contributed by atoms with van der Waals surface area (Å²) >= 11 is 0. The highest BCUT2D eigenvalue weighted by Crippen LogP contribution is 2.33. The number of benzene rings is 2. The van der Waals surface area contributed by atoms with Gasteiger partial charge in [0.1, 0.15) is 23.3 Å². The number of hydrogen-bond acceptors (Lipinski definition) is 6. The number of carbonyl (C=O) groups excluding carboxylic acids is 1. The number of carbonyl (C=O) groups is 1. The lowest BCUT2D eigenvalue weighted by molar-refractivity contribution is -0.384. The third kappa shape index (κ3) is 4.67. The van der Waals surface area contributed by atoms with E-state index in [1.807, 2.05) is 40.8 Å². The van der Waals surface area contributed by atoms with Gasteiger partial charge in [0.2, 0.25) is 0 Å². The van der Waals surface area contributed by atoms with Crippen molar-refractivity contribution in [3.63, 3.8) is 0 Å². The summed E-state index contributed by atoms with van der Waals surface area (Å²) in [5.74, 6) is 0.798. The highest BCUT2D eigenvalue weighted by Gasteiger charge is 2.27. The van der Waals surface area contributed by atoms with Gasteiger partial charge in [0.05, 0.1) is 12.0 Å². The molecule has 1 aliphatic heterocycles. The van der Waals surface area contributed by atoms with Crippen molar-refractivity contribution in [2.24, 2.45) is 7.05 Å². The van der Waals surface area contributed by atoms with E-state index in [1.54, 1.807) is 31.6 Å². The molecule has 1 atom stereocenters. The lowest BCUT2D eigenvalue weighted by Crippen LogP contribution is -2.32. The first-order valence-electron chi connectivity index (χ1n) is 10.9. The quantitative estimate of drug-likeness (QED) is 0.434. The smallest absolute Gasteiger partial charge is 0.293 e. The van der Waals surface area contributed by atoms with Crippen molar-refractivity contribution in [3.05, 3.63) is 81.9 Å². The van der Waals surface area contributed by atoms with Crippen LogP contribution in [0.15, 0.2) is 54.9 Å². The van der Waals surface area contributed by atoms with Gasteiger partial charge in [-0.2, -0.15) is 0 Å². The lowest BCUT2D eigenvalue weighted by atomic mass is 10.0. The highest BCUT2D eigenvalue weighted by atomic mass is 16.6. The molecule has 9 heteroatoms. The lowest BCUT2D eigenvalue weighted by Gasteiger charge is -2.28. The van der Waals surface area contributed by atoms with Gasteiger partial charge in [0, 0.05) is 49.7 Å². The third-order valence-corrected chi connectivity index (χ3v) is 5.97. The number of nitrogens with zero attached hydrogens (tertiary/aromatic N) is 4. The van der Waals surface area contributed by atoms with Crippen molar-refractivity contribution >= 4 is 17.3 Å². The molecule has 9 nitrogen and oxygen atoms in total. The molecule has 1 aromatic heterocycles. The maximum atomic E-state index is 13.3. The second-order valence-corrected chi connectivity index (χ2v) is 8.05. The number of nitrogens with one attached hydrogen (secondary N) is 1. The Kier molecular flexibility index (Phi) is 6.58. The second kappa shape index (κ2) is 9.72. The molecule has 1 fully saturated rings. The highest BCUT2D eigenvalue weighted by molar-refractivity contribution is 5.96. The number of anilines is 1. The number of piperidine rings is 1. The number of para-hydroxylation sites is 1.